The summed E-state index contributed by atoms with van der Waals surface area (Å²) < 4.78 is 4.88. The van der Waals surface area contributed by atoms with E-state index in [1.807, 2.05) is 18.2 Å². The first-order valence-corrected chi connectivity index (χ1v) is 3.09. The minimum absolute atomic E-state index is 0.134. The lowest BCUT2D eigenvalue weighted by Gasteiger charge is -2.14. The topological polar surface area (TPSA) is 21.3 Å². The predicted octanol–water partition coefficient (Wildman–Crippen LogP) is 1.20. The Balaban J connectivity index is 2.55. The third-order valence-corrected chi connectivity index (χ3v) is 1.28. The molecule has 0 amide bonds. The second kappa shape index (κ2) is 2.78. The molecule has 0 bridgehead atoms. The highest BCUT2D eigenvalue weighted by molar-refractivity contribution is 6.21. The van der Waals surface area contributed by atoms with Gasteiger partial charge in [-0.3, -0.25) is 0 Å². The zero-order chi connectivity index (χ0) is 6.69. The van der Waals surface area contributed by atoms with Gasteiger partial charge in [-0.25, -0.2) is 0 Å². The van der Waals surface area contributed by atoms with E-state index in [2.05, 4.69) is 5.32 Å². The van der Waals surface area contributed by atoms with E-state index in [0.717, 1.165) is 0 Å². The fraction of sp³-hybridized carbons (Fsp3) is 0.333. The molecule has 0 saturated heterocycles. The molecule has 0 radical (unpaired) electrons. The molecule has 0 spiro atoms. The number of hydrogen-bond acceptors (Lipinski definition) is 2. The van der Waals surface area contributed by atoms with Gasteiger partial charge in [0.1, 0.15) is 5.50 Å². The zero-order valence-corrected chi connectivity index (χ0v) is 5.85. The van der Waals surface area contributed by atoms with E-state index < -0.39 is 0 Å². The van der Waals surface area contributed by atoms with E-state index in [9.17, 15) is 0 Å². The lowest BCUT2D eigenvalue weighted by Crippen LogP contribution is -2.23. The maximum Gasteiger partial charge on any atom is 0.187 e. The molecule has 1 aliphatic heterocycles. The molecule has 1 rings (SSSR count). The molecule has 3 heteroatoms. The van der Waals surface area contributed by atoms with Crippen molar-refractivity contribution in [1.82, 2.24) is 5.32 Å². The Morgan fingerprint density at radius 1 is 1.78 bits per heavy atom. The molecule has 9 heavy (non-hydrogen) atoms. The first kappa shape index (κ1) is 6.49. The molecule has 0 aromatic heterocycles. The second-order valence-electron chi connectivity index (χ2n) is 1.67. The van der Waals surface area contributed by atoms with Crippen LogP contribution < -0.4 is 5.32 Å². The highest BCUT2D eigenvalue weighted by Gasteiger charge is 2.03. The summed E-state index contributed by atoms with van der Waals surface area (Å²) in [6, 6.07) is 0. The summed E-state index contributed by atoms with van der Waals surface area (Å²) in [5.74, 6) is 0.706. The SMILES string of the molecule is COC1=CC=CC(Cl)N1. The average Bonchev–Trinajstić information content (AvgIpc) is 1.88. The monoisotopic (exact) mass is 145 g/mol. The first-order chi connectivity index (χ1) is 4.33. The molecule has 0 aromatic rings. The zero-order valence-electron chi connectivity index (χ0n) is 5.10. The molecule has 0 saturated carbocycles. The van der Waals surface area contributed by atoms with Crippen LogP contribution in [0.25, 0.3) is 0 Å². The molecular weight excluding hydrogens is 138 g/mol. The standard InChI is InChI=1S/C6H8ClNO/c1-9-6-4-2-3-5(7)8-6/h2-5,8H,1H3. The average molecular weight is 146 g/mol. The van der Waals surface area contributed by atoms with Crippen LogP contribution in [0.2, 0.25) is 0 Å². The smallest absolute Gasteiger partial charge is 0.187 e. The number of alkyl halides is 1. The van der Waals surface area contributed by atoms with E-state index in [4.69, 9.17) is 16.3 Å². The normalized spacial score (nSPS) is 24.7. The first-order valence-electron chi connectivity index (χ1n) is 2.66. The molecule has 1 atom stereocenters. The van der Waals surface area contributed by atoms with Crippen molar-refractivity contribution in [2.24, 2.45) is 0 Å². The summed E-state index contributed by atoms with van der Waals surface area (Å²) in [7, 11) is 1.60. The Kier molecular flexibility index (Phi) is 2.01. The Morgan fingerprint density at radius 2 is 2.56 bits per heavy atom. The fourth-order valence-corrected chi connectivity index (χ4v) is 0.791. The van der Waals surface area contributed by atoms with E-state index in [1.54, 1.807) is 7.11 Å². The van der Waals surface area contributed by atoms with Crippen LogP contribution >= 0.6 is 11.6 Å². The van der Waals surface area contributed by atoms with Crippen LogP contribution in [-0.2, 0) is 4.74 Å². The van der Waals surface area contributed by atoms with Crippen molar-refractivity contribution in [3.05, 3.63) is 24.1 Å². The van der Waals surface area contributed by atoms with Crippen LogP contribution in [0.3, 0.4) is 0 Å². The Bertz CT molecular complexity index is 153. The van der Waals surface area contributed by atoms with Gasteiger partial charge in [0.25, 0.3) is 0 Å². The summed E-state index contributed by atoms with van der Waals surface area (Å²) in [5, 5.41) is 2.88. The van der Waals surface area contributed by atoms with Gasteiger partial charge in [-0.1, -0.05) is 17.7 Å². The summed E-state index contributed by atoms with van der Waals surface area (Å²) in [5.41, 5.74) is -0.134. The van der Waals surface area contributed by atoms with Crippen molar-refractivity contribution in [3.8, 4) is 0 Å². The number of rotatable bonds is 1. The third-order valence-electron chi connectivity index (χ3n) is 1.03. The van der Waals surface area contributed by atoms with Gasteiger partial charge < -0.3 is 10.1 Å². The van der Waals surface area contributed by atoms with Gasteiger partial charge in [0.05, 0.1) is 7.11 Å². The van der Waals surface area contributed by atoms with Crippen molar-refractivity contribution in [2.45, 2.75) is 5.50 Å². The molecular formula is C6H8ClNO. The third kappa shape index (κ3) is 1.64. The molecule has 2 nitrogen and oxygen atoms in total. The maximum atomic E-state index is 5.67. The second-order valence-corrected chi connectivity index (χ2v) is 2.14. The summed E-state index contributed by atoms with van der Waals surface area (Å²) in [6.45, 7) is 0. The molecule has 1 unspecified atom stereocenters. The quantitative estimate of drug-likeness (QED) is 0.442. The van der Waals surface area contributed by atoms with E-state index in [0.29, 0.717) is 5.88 Å². The number of dihydropyridines is 1. The Labute approximate surface area is 59.1 Å². The van der Waals surface area contributed by atoms with Crippen molar-refractivity contribution in [3.63, 3.8) is 0 Å². The summed E-state index contributed by atoms with van der Waals surface area (Å²) >= 11 is 5.67. The van der Waals surface area contributed by atoms with Crippen molar-refractivity contribution in [1.29, 1.82) is 0 Å². The van der Waals surface area contributed by atoms with Crippen molar-refractivity contribution >= 4 is 11.6 Å². The van der Waals surface area contributed by atoms with Gasteiger partial charge in [-0.15, -0.1) is 0 Å². The number of allylic oxidation sites excluding steroid dienone is 2. The highest BCUT2D eigenvalue weighted by Crippen LogP contribution is 2.04. The molecule has 1 N–H and O–H groups in total. The minimum Gasteiger partial charge on any atom is -0.482 e. The van der Waals surface area contributed by atoms with Gasteiger partial charge in [-0.2, -0.15) is 0 Å². The van der Waals surface area contributed by atoms with Crippen LogP contribution in [-0.4, -0.2) is 12.6 Å². The summed E-state index contributed by atoms with van der Waals surface area (Å²) in [6.07, 6.45) is 5.51. The van der Waals surface area contributed by atoms with Gasteiger partial charge in [0.15, 0.2) is 5.88 Å². The highest BCUT2D eigenvalue weighted by atomic mass is 35.5. The molecule has 1 heterocycles. The Morgan fingerprint density at radius 3 is 3.00 bits per heavy atom. The minimum atomic E-state index is -0.134. The molecule has 0 aliphatic carbocycles. The van der Waals surface area contributed by atoms with E-state index >= 15 is 0 Å². The van der Waals surface area contributed by atoms with E-state index in [-0.39, 0.29) is 5.50 Å². The Hall–Kier alpha value is -0.630. The van der Waals surface area contributed by atoms with Crippen LogP contribution in [0.1, 0.15) is 0 Å². The van der Waals surface area contributed by atoms with Crippen LogP contribution in [0.15, 0.2) is 24.1 Å². The predicted molar refractivity (Wildman–Crippen MR) is 37.0 cm³/mol. The van der Waals surface area contributed by atoms with Crippen molar-refractivity contribution < 1.29 is 4.74 Å². The lowest BCUT2D eigenvalue weighted by molar-refractivity contribution is 0.260. The molecule has 50 valence electrons. The van der Waals surface area contributed by atoms with E-state index in [1.165, 1.54) is 0 Å². The summed E-state index contributed by atoms with van der Waals surface area (Å²) in [4.78, 5) is 0. The molecule has 0 aromatic carbocycles. The van der Waals surface area contributed by atoms with Crippen LogP contribution in [0.4, 0.5) is 0 Å². The van der Waals surface area contributed by atoms with Gasteiger partial charge in [0, 0.05) is 0 Å². The number of nitrogens with one attached hydrogen (secondary N) is 1. The number of ether oxygens (including phenoxy) is 1. The van der Waals surface area contributed by atoms with Crippen molar-refractivity contribution in [2.75, 3.05) is 7.11 Å². The van der Waals surface area contributed by atoms with Gasteiger partial charge in [0.2, 0.25) is 0 Å². The number of methoxy groups -OCH3 is 1. The fourth-order valence-electron chi connectivity index (χ4n) is 0.600. The number of halogens is 1. The number of hydrogen-bond donors (Lipinski definition) is 1. The van der Waals surface area contributed by atoms with Gasteiger partial charge >= 0.3 is 0 Å². The van der Waals surface area contributed by atoms with Crippen LogP contribution in [0.5, 0.6) is 0 Å². The molecule has 1 aliphatic rings. The lowest BCUT2D eigenvalue weighted by atomic mass is 10.4. The largest absolute Gasteiger partial charge is 0.482 e. The molecule has 0 fully saturated rings. The van der Waals surface area contributed by atoms with Crippen LogP contribution in [0, 0.1) is 0 Å². The van der Waals surface area contributed by atoms with Gasteiger partial charge in [-0.05, 0) is 12.2 Å². The maximum absolute atomic E-state index is 5.67.